The molecule has 19 heteroatoms. The Morgan fingerprint density at radius 2 is 1.09 bits per heavy atom. The highest BCUT2D eigenvalue weighted by Crippen LogP contribution is 2.26. The molecule has 0 spiro atoms. The monoisotopic (exact) mass is 840 g/mol. The first-order valence-corrected chi connectivity index (χ1v) is 18.6. The van der Waals surface area contributed by atoms with Gasteiger partial charge in [-0.25, -0.2) is 19.0 Å². The maximum atomic E-state index is 12.5. The van der Waals surface area contributed by atoms with E-state index in [0.717, 1.165) is 0 Å². The molecule has 0 fully saturated rings. The molecule has 16 nitrogen and oxygen atoms in total. The van der Waals surface area contributed by atoms with Crippen LogP contribution in [0, 0.1) is 0 Å². The van der Waals surface area contributed by atoms with Gasteiger partial charge in [0.05, 0.1) is 50.2 Å². The molecular weight excluding hydrogens is 803 g/mol. The molecule has 0 aliphatic carbocycles. The zero-order valence-corrected chi connectivity index (χ0v) is 33.5. The molecule has 0 aliphatic heterocycles. The molecule has 57 heavy (non-hydrogen) atoms. The van der Waals surface area contributed by atoms with E-state index in [-0.39, 0.29) is 43.0 Å². The molecule has 6 aromatic rings. The topological polar surface area (TPSA) is 204 Å². The van der Waals surface area contributed by atoms with Crippen LogP contribution in [0.5, 0.6) is 0 Å². The van der Waals surface area contributed by atoms with Gasteiger partial charge < -0.3 is 30.0 Å². The van der Waals surface area contributed by atoms with Crippen molar-refractivity contribution in [1.29, 1.82) is 0 Å². The van der Waals surface area contributed by atoms with E-state index in [1.807, 2.05) is 12.1 Å². The molecule has 3 N–H and O–H groups in total. The van der Waals surface area contributed by atoms with Gasteiger partial charge >= 0.3 is 23.9 Å². The van der Waals surface area contributed by atoms with Crippen molar-refractivity contribution in [2.24, 2.45) is 0 Å². The van der Waals surface area contributed by atoms with Crippen LogP contribution in [0.3, 0.4) is 0 Å². The van der Waals surface area contributed by atoms with Crippen molar-refractivity contribution in [3.05, 3.63) is 112 Å². The lowest BCUT2D eigenvalue weighted by molar-refractivity contribution is -0.159. The molecule has 0 saturated heterocycles. The number of carbonyl (C=O) groups is 4. The molecule has 4 aromatic heterocycles. The van der Waals surface area contributed by atoms with Crippen LogP contribution in [-0.2, 0) is 38.1 Å². The number of anilines is 3. The first-order valence-electron chi connectivity index (χ1n) is 17.5. The molecule has 0 aliphatic rings. The second-order valence-corrected chi connectivity index (χ2v) is 12.6. The second-order valence-electron chi connectivity index (χ2n) is 11.3. The quantitative estimate of drug-likeness (QED) is 0.0426. The largest absolute Gasteiger partial charge is 0.465 e. The summed E-state index contributed by atoms with van der Waals surface area (Å²) < 4.78 is 22.8. The number of nitrogen functional groups attached to an aromatic ring is 1. The van der Waals surface area contributed by atoms with Gasteiger partial charge in [0.15, 0.2) is 23.1 Å². The number of rotatable bonds is 12. The average molecular weight is 842 g/mol. The summed E-state index contributed by atoms with van der Waals surface area (Å²) in [6.07, 6.45) is 3.03. The number of hydrogen-bond acceptors (Lipinski definition) is 14. The van der Waals surface area contributed by atoms with Crippen LogP contribution in [0.15, 0.2) is 85.2 Å². The van der Waals surface area contributed by atoms with E-state index in [4.69, 9.17) is 59.5 Å². The molecule has 4 heterocycles. The van der Waals surface area contributed by atoms with Crippen LogP contribution in [-0.4, -0.2) is 79.5 Å². The van der Waals surface area contributed by atoms with Gasteiger partial charge in [0.2, 0.25) is 0 Å². The van der Waals surface area contributed by atoms with E-state index >= 15 is 0 Å². The van der Waals surface area contributed by atoms with E-state index in [9.17, 15) is 19.2 Å². The number of esters is 4. The number of hydrogen-bond donors (Lipinski definition) is 2. The molecular formula is C38H39Cl3N8O8. The summed E-state index contributed by atoms with van der Waals surface area (Å²) in [7, 11) is 0. The standard InChI is InChI=1S/C19H19ClN4O4.C13H14ClN3O4.C6H6ClN/c1-3-27-18(25)17(19(26)28-4-2)14-11-15(23-16-8-9-21-24(14)16)22-13-7-5-6-12(20)10-13;1-3-20-12(18)11(13(19)21-4-2)8-7-9(14)16-10-5-6-15-17(8)10;7-5-2-1-3-6(8)4-5/h5-11,17H,3-4H2,1-2H3,(H,22,23);5-7,11H,3-4H2,1-2H3;1-4H,8H2. The zero-order chi connectivity index (χ0) is 41.5. The molecule has 0 unspecified atom stereocenters. The van der Waals surface area contributed by atoms with Gasteiger partial charge in [-0.3, -0.25) is 19.2 Å². The van der Waals surface area contributed by atoms with Crippen molar-refractivity contribution < 1.29 is 38.1 Å². The minimum atomic E-state index is -1.29. The van der Waals surface area contributed by atoms with Gasteiger partial charge in [-0.1, -0.05) is 46.9 Å². The average Bonchev–Trinajstić information content (AvgIpc) is 3.83. The Morgan fingerprint density at radius 3 is 1.53 bits per heavy atom. The van der Waals surface area contributed by atoms with Gasteiger partial charge in [-0.05, 0) is 70.2 Å². The lowest BCUT2D eigenvalue weighted by atomic mass is 10.1. The molecule has 0 radical (unpaired) electrons. The predicted molar refractivity (Wildman–Crippen MR) is 214 cm³/mol. The number of nitrogens with two attached hydrogens (primary N) is 1. The van der Waals surface area contributed by atoms with Crippen LogP contribution in [0.2, 0.25) is 15.2 Å². The maximum Gasteiger partial charge on any atom is 0.326 e. The molecule has 0 saturated carbocycles. The van der Waals surface area contributed by atoms with E-state index < -0.39 is 35.7 Å². The highest BCUT2D eigenvalue weighted by Gasteiger charge is 2.35. The number of halogens is 3. The fourth-order valence-electron chi connectivity index (χ4n) is 5.12. The van der Waals surface area contributed by atoms with E-state index in [1.54, 1.807) is 82.3 Å². The zero-order valence-electron chi connectivity index (χ0n) is 31.2. The van der Waals surface area contributed by atoms with Gasteiger partial charge in [-0.2, -0.15) is 10.2 Å². The van der Waals surface area contributed by atoms with Crippen LogP contribution in [0.4, 0.5) is 17.2 Å². The van der Waals surface area contributed by atoms with Gasteiger partial charge in [0, 0.05) is 39.6 Å². The lowest BCUT2D eigenvalue weighted by Gasteiger charge is -2.17. The maximum absolute atomic E-state index is 12.5. The number of ether oxygens (including phenoxy) is 4. The third-order valence-corrected chi connectivity index (χ3v) is 8.03. The molecule has 0 amide bonds. The number of nitrogens with zero attached hydrogens (tertiary/aromatic N) is 6. The van der Waals surface area contributed by atoms with Gasteiger partial charge in [0.1, 0.15) is 11.0 Å². The number of nitrogens with one attached hydrogen (secondary N) is 1. The Bertz CT molecular complexity index is 2270. The van der Waals surface area contributed by atoms with Crippen LogP contribution < -0.4 is 11.1 Å². The Balaban J connectivity index is 0.000000217. The minimum Gasteiger partial charge on any atom is -0.465 e. The molecule has 300 valence electrons. The Hall–Kier alpha value is -5.97. The minimum absolute atomic E-state index is 0.135. The molecule has 2 aromatic carbocycles. The fourth-order valence-corrected chi connectivity index (χ4v) is 5.70. The van der Waals surface area contributed by atoms with Crippen molar-refractivity contribution in [2.45, 2.75) is 39.5 Å². The first-order chi connectivity index (χ1) is 27.4. The first kappa shape index (κ1) is 43.8. The molecule has 0 bridgehead atoms. The van der Waals surface area contributed by atoms with E-state index in [1.165, 1.54) is 27.5 Å². The summed E-state index contributed by atoms with van der Waals surface area (Å²) in [5.41, 5.74) is 8.22. The number of fused-ring (bicyclic) bond motifs is 2. The second kappa shape index (κ2) is 21.4. The summed E-state index contributed by atoms with van der Waals surface area (Å²) in [6, 6.07) is 20.5. The lowest BCUT2D eigenvalue weighted by Crippen LogP contribution is -2.28. The van der Waals surface area contributed by atoms with Crippen molar-refractivity contribution in [2.75, 3.05) is 37.5 Å². The molecule has 6 rings (SSSR count). The third-order valence-electron chi connectivity index (χ3n) is 7.37. The summed E-state index contributed by atoms with van der Waals surface area (Å²) in [4.78, 5) is 57.8. The van der Waals surface area contributed by atoms with Crippen molar-refractivity contribution in [3.63, 3.8) is 0 Å². The van der Waals surface area contributed by atoms with Crippen molar-refractivity contribution in [3.8, 4) is 0 Å². The smallest absolute Gasteiger partial charge is 0.326 e. The van der Waals surface area contributed by atoms with Crippen LogP contribution in [0.25, 0.3) is 11.3 Å². The predicted octanol–water partition coefficient (Wildman–Crippen LogP) is 6.85. The van der Waals surface area contributed by atoms with Crippen molar-refractivity contribution in [1.82, 2.24) is 29.2 Å². The van der Waals surface area contributed by atoms with Crippen molar-refractivity contribution >= 4 is 87.2 Å². The van der Waals surface area contributed by atoms with Gasteiger partial charge in [0.25, 0.3) is 0 Å². The summed E-state index contributed by atoms with van der Waals surface area (Å²) in [5, 5.41) is 12.7. The summed E-state index contributed by atoms with van der Waals surface area (Å²) >= 11 is 17.5. The van der Waals surface area contributed by atoms with Crippen LogP contribution >= 0.6 is 34.8 Å². The van der Waals surface area contributed by atoms with E-state index in [2.05, 4.69) is 25.5 Å². The number of carbonyl (C=O) groups excluding carboxylic acids is 4. The van der Waals surface area contributed by atoms with Gasteiger partial charge in [-0.15, -0.1) is 0 Å². The number of aromatic nitrogens is 6. The molecule has 0 atom stereocenters. The Labute approximate surface area is 342 Å². The summed E-state index contributed by atoms with van der Waals surface area (Å²) in [6.45, 7) is 7.22. The normalized spacial score (nSPS) is 10.6. The fraction of sp³-hybridized carbons (Fsp3) is 0.263. The highest BCUT2D eigenvalue weighted by atomic mass is 35.5. The summed E-state index contributed by atoms with van der Waals surface area (Å²) in [5.74, 6) is -4.97. The number of benzene rings is 2. The highest BCUT2D eigenvalue weighted by molar-refractivity contribution is 6.31. The Kier molecular flexibility index (Phi) is 16.4. The van der Waals surface area contributed by atoms with E-state index in [0.29, 0.717) is 38.5 Å². The Morgan fingerprint density at radius 1 is 0.632 bits per heavy atom. The SMILES string of the molecule is CCOC(=O)C(C(=O)OCC)c1cc(Cl)nc2ccnn12.CCOC(=O)C(C(=O)OCC)c1cc(Nc2cccc(Cl)c2)nc2ccnn12.Nc1cccc(Cl)c1. The third kappa shape index (κ3) is 12.0. The van der Waals surface area contributed by atoms with Crippen LogP contribution in [0.1, 0.15) is 50.9 Å².